The molecule has 7 heteroatoms. The summed E-state index contributed by atoms with van der Waals surface area (Å²) < 4.78 is 39.7. The van der Waals surface area contributed by atoms with Crippen LogP contribution in [0.15, 0.2) is 12.1 Å². The summed E-state index contributed by atoms with van der Waals surface area (Å²) in [5, 5.41) is 3.24. The lowest BCUT2D eigenvalue weighted by Crippen LogP contribution is -2.43. The SMILES string of the molecule is Cc1c(CN2CCNCC2)cc(I)cc1[B-](F)(F)F. The Morgan fingerprint density at radius 2 is 1.89 bits per heavy atom. The molecule has 1 aliphatic rings. The summed E-state index contributed by atoms with van der Waals surface area (Å²) in [5.41, 5.74) is 0.728. The van der Waals surface area contributed by atoms with Crippen molar-refractivity contribution < 1.29 is 12.9 Å². The predicted octanol–water partition coefficient (Wildman–Crippen LogP) is 2.06. The van der Waals surface area contributed by atoms with Gasteiger partial charge in [0.2, 0.25) is 0 Å². The molecule has 1 fully saturated rings. The Morgan fingerprint density at radius 3 is 2.47 bits per heavy atom. The summed E-state index contributed by atoms with van der Waals surface area (Å²) in [5.74, 6) is 0. The lowest BCUT2D eigenvalue weighted by atomic mass is 9.76. The number of piperazine rings is 1. The van der Waals surface area contributed by atoms with Crippen molar-refractivity contribution in [2.45, 2.75) is 13.5 Å². The smallest absolute Gasteiger partial charge is 0.445 e. The molecular weight excluding hydrogens is 367 g/mol. The summed E-state index contributed by atoms with van der Waals surface area (Å²) >= 11 is 1.96. The average molecular weight is 383 g/mol. The van der Waals surface area contributed by atoms with Crippen LogP contribution >= 0.6 is 22.6 Å². The zero-order valence-corrected chi connectivity index (χ0v) is 12.9. The summed E-state index contributed by atoms with van der Waals surface area (Å²) in [7, 11) is 0. The number of hydrogen-bond acceptors (Lipinski definition) is 2. The van der Waals surface area contributed by atoms with E-state index in [-0.39, 0.29) is 0 Å². The fourth-order valence-corrected chi connectivity index (χ4v) is 3.08. The summed E-state index contributed by atoms with van der Waals surface area (Å²) in [4.78, 5) is 2.20. The van der Waals surface area contributed by atoms with Gasteiger partial charge in [-0.05, 0) is 41.1 Å². The van der Waals surface area contributed by atoms with E-state index in [1.54, 1.807) is 6.92 Å². The van der Waals surface area contributed by atoms with E-state index < -0.39 is 12.4 Å². The molecule has 1 aromatic carbocycles. The summed E-state index contributed by atoms with van der Waals surface area (Å²) in [6.07, 6.45) is 0. The van der Waals surface area contributed by atoms with Gasteiger partial charge in [0.25, 0.3) is 0 Å². The predicted molar refractivity (Wildman–Crippen MR) is 80.8 cm³/mol. The molecule has 1 aromatic rings. The highest BCUT2D eigenvalue weighted by Gasteiger charge is 2.28. The average Bonchev–Trinajstić information content (AvgIpc) is 2.33. The fraction of sp³-hybridized carbons (Fsp3) is 0.500. The van der Waals surface area contributed by atoms with Crippen molar-refractivity contribution in [3.05, 3.63) is 26.8 Å². The normalized spacial score (nSPS) is 17.7. The van der Waals surface area contributed by atoms with Gasteiger partial charge in [0.1, 0.15) is 0 Å². The second kappa shape index (κ2) is 6.01. The first-order chi connectivity index (χ1) is 8.88. The van der Waals surface area contributed by atoms with Gasteiger partial charge < -0.3 is 18.3 Å². The molecule has 106 valence electrons. The molecule has 0 spiro atoms. The molecule has 0 radical (unpaired) electrons. The van der Waals surface area contributed by atoms with Gasteiger partial charge in [-0.15, -0.1) is 5.46 Å². The standard InChI is InChI=1S/C12H16BF3IN2/c1-9-10(8-19-4-2-18-3-5-19)6-11(17)7-12(9)13(14,15)16/h6-7,18H,2-5,8H2,1H3/q-1. The lowest BCUT2D eigenvalue weighted by Gasteiger charge is -2.29. The van der Waals surface area contributed by atoms with Crippen molar-refractivity contribution in [1.29, 1.82) is 0 Å². The Balaban J connectivity index is 2.27. The third-order valence-corrected chi connectivity index (χ3v) is 4.10. The first kappa shape index (κ1) is 15.1. The number of rotatable bonds is 3. The van der Waals surface area contributed by atoms with Gasteiger partial charge in [0.05, 0.1) is 0 Å². The number of benzene rings is 1. The highest BCUT2D eigenvalue weighted by molar-refractivity contribution is 14.1. The Labute approximate surface area is 124 Å². The van der Waals surface area contributed by atoms with Gasteiger partial charge in [-0.25, -0.2) is 0 Å². The minimum atomic E-state index is -4.93. The van der Waals surface area contributed by atoms with Crippen molar-refractivity contribution in [2.75, 3.05) is 26.2 Å². The van der Waals surface area contributed by atoms with Crippen molar-refractivity contribution in [1.82, 2.24) is 10.2 Å². The van der Waals surface area contributed by atoms with Crippen LogP contribution in [0.4, 0.5) is 12.9 Å². The minimum absolute atomic E-state index is 0.381. The quantitative estimate of drug-likeness (QED) is 0.636. The van der Waals surface area contributed by atoms with E-state index in [1.165, 1.54) is 6.07 Å². The molecule has 0 saturated carbocycles. The van der Waals surface area contributed by atoms with Gasteiger partial charge >= 0.3 is 6.98 Å². The first-order valence-electron chi connectivity index (χ1n) is 6.30. The molecule has 1 aliphatic heterocycles. The second-order valence-corrected chi connectivity index (χ2v) is 6.13. The van der Waals surface area contributed by atoms with Crippen molar-refractivity contribution in [3.63, 3.8) is 0 Å². The van der Waals surface area contributed by atoms with E-state index in [4.69, 9.17) is 0 Å². The van der Waals surface area contributed by atoms with E-state index >= 15 is 0 Å². The number of halogens is 4. The molecule has 0 amide bonds. The first-order valence-corrected chi connectivity index (χ1v) is 7.38. The molecule has 0 aliphatic carbocycles. The maximum atomic E-state index is 13.0. The number of hydrogen-bond donors (Lipinski definition) is 1. The van der Waals surface area contributed by atoms with Crippen LogP contribution in [0, 0.1) is 10.5 Å². The number of nitrogens with zero attached hydrogens (tertiary/aromatic N) is 1. The van der Waals surface area contributed by atoms with E-state index in [1.807, 2.05) is 28.7 Å². The zero-order chi connectivity index (χ0) is 14.0. The van der Waals surface area contributed by atoms with Crippen LogP contribution in [0.5, 0.6) is 0 Å². The molecule has 19 heavy (non-hydrogen) atoms. The van der Waals surface area contributed by atoms with Crippen molar-refractivity contribution >= 4 is 35.0 Å². The summed E-state index contributed by atoms with van der Waals surface area (Å²) in [6.45, 7) is 0.824. The van der Waals surface area contributed by atoms with Crippen LogP contribution in [-0.4, -0.2) is 38.1 Å². The van der Waals surface area contributed by atoms with Crippen LogP contribution < -0.4 is 10.8 Å². The Bertz CT molecular complexity index is 459. The van der Waals surface area contributed by atoms with Crippen molar-refractivity contribution in [2.24, 2.45) is 0 Å². The topological polar surface area (TPSA) is 15.3 Å². The van der Waals surface area contributed by atoms with Gasteiger partial charge in [0, 0.05) is 36.3 Å². The molecule has 1 N–H and O–H groups in total. The molecule has 0 aromatic heterocycles. The van der Waals surface area contributed by atoms with E-state index in [0.717, 1.165) is 31.7 Å². The molecule has 0 unspecified atom stereocenters. The highest BCUT2D eigenvalue weighted by Crippen LogP contribution is 2.19. The minimum Gasteiger partial charge on any atom is -0.445 e. The van der Waals surface area contributed by atoms with E-state index in [0.29, 0.717) is 15.7 Å². The van der Waals surface area contributed by atoms with Crippen LogP contribution in [0.1, 0.15) is 11.1 Å². The third-order valence-electron chi connectivity index (χ3n) is 3.48. The van der Waals surface area contributed by atoms with E-state index in [9.17, 15) is 12.9 Å². The maximum absolute atomic E-state index is 13.0. The zero-order valence-electron chi connectivity index (χ0n) is 10.7. The van der Waals surface area contributed by atoms with E-state index in [2.05, 4.69) is 10.2 Å². The largest absolute Gasteiger partial charge is 0.509 e. The second-order valence-electron chi connectivity index (χ2n) is 4.88. The molecule has 1 heterocycles. The molecule has 2 rings (SSSR count). The van der Waals surface area contributed by atoms with Crippen LogP contribution in [0.3, 0.4) is 0 Å². The molecule has 1 saturated heterocycles. The molecule has 0 bridgehead atoms. The van der Waals surface area contributed by atoms with Crippen LogP contribution in [-0.2, 0) is 6.54 Å². The van der Waals surface area contributed by atoms with Crippen LogP contribution in [0.2, 0.25) is 0 Å². The third kappa shape index (κ3) is 3.85. The Morgan fingerprint density at radius 1 is 1.26 bits per heavy atom. The van der Waals surface area contributed by atoms with Crippen LogP contribution in [0.25, 0.3) is 0 Å². The molecular formula is C12H16BF3IN2-. The lowest BCUT2D eigenvalue weighted by molar-refractivity contribution is 0.233. The Kier molecular flexibility index (Phi) is 4.78. The molecule has 0 atom stereocenters. The fourth-order valence-electron chi connectivity index (χ4n) is 2.37. The molecule has 2 nitrogen and oxygen atoms in total. The maximum Gasteiger partial charge on any atom is 0.509 e. The van der Waals surface area contributed by atoms with Crippen molar-refractivity contribution in [3.8, 4) is 0 Å². The number of nitrogens with one attached hydrogen (secondary N) is 1. The van der Waals surface area contributed by atoms with Gasteiger partial charge in [-0.2, -0.15) is 0 Å². The van der Waals surface area contributed by atoms with Gasteiger partial charge in [0.15, 0.2) is 0 Å². The highest BCUT2D eigenvalue weighted by atomic mass is 127. The van der Waals surface area contributed by atoms with Gasteiger partial charge in [-0.1, -0.05) is 11.6 Å². The summed E-state index contributed by atoms with van der Waals surface area (Å²) in [6, 6.07) is 3.11. The monoisotopic (exact) mass is 383 g/mol. The Hall–Kier alpha value is -0.275. The van der Waals surface area contributed by atoms with Gasteiger partial charge in [-0.3, -0.25) is 4.90 Å².